The van der Waals surface area contributed by atoms with Crippen LogP contribution in [-0.4, -0.2) is 37.6 Å². The Balaban J connectivity index is 2.39. The topological polar surface area (TPSA) is 41.6 Å². The number of hydrogen-bond acceptors (Lipinski definition) is 3. The van der Waals surface area contributed by atoms with Crippen molar-refractivity contribution in [2.75, 3.05) is 21.2 Å². The summed E-state index contributed by atoms with van der Waals surface area (Å²) >= 11 is 6.23. The standard InChI is InChI=1S/C20H25ClN2O2/c1-20(2,23(3)4)18(14-9-7-6-8-10-14)22-19(24)16-13-15(25-5)11-12-17(16)21/h6-13,18H,1-5H3,(H,22,24). The Labute approximate surface area is 154 Å². The number of ether oxygens (including phenoxy) is 1. The minimum atomic E-state index is -0.303. The third-order valence-electron chi connectivity index (χ3n) is 4.69. The maximum absolute atomic E-state index is 12.9. The van der Waals surface area contributed by atoms with E-state index in [1.807, 2.05) is 44.4 Å². The first kappa shape index (κ1) is 19.3. The average Bonchev–Trinajstić information content (AvgIpc) is 2.60. The molecule has 5 heteroatoms. The quantitative estimate of drug-likeness (QED) is 0.841. The summed E-state index contributed by atoms with van der Waals surface area (Å²) in [5.74, 6) is 0.366. The summed E-state index contributed by atoms with van der Waals surface area (Å²) in [6.07, 6.45) is 0. The smallest absolute Gasteiger partial charge is 0.253 e. The Kier molecular flexibility index (Phi) is 6.09. The van der Waals surface area contributed by atoms with Crippen LogP contribution in [0.15, 0.2) is 48.5 Å². The van der Waals surface area contributed by atoms with E-state index in [9.17, 15) is 4.79 Å². The molecule has 1 atom stereocenters. The summed E-state index contributed by atoms with van der Waals surface area (Å²) in [7, 11) is 5.56. The van der Waals surface area contributed by atoms with Crippen LogP contribution < -0.4 is 10.1 Å². The molecule has 0 spiro atoms. The number of nitrogens with zero attached hydrogens (tertiary/aromatic N) is 1. The van der Waals surface area contributed by atoms with Crippen molar-refractivity contribution in [1.82, 2.24) is 10.2 Å². The Hall–Kier alpha value is -2.04. The zero-order valence-corrected chi connectivity index (χ0v) is 16.1. The minimum Gasteiger partial charge on any atom is -0.497 e. The van der Waals surface area contributed by atoms with Crippen LogP contribution >= 0.6 is 11.6 Å². The molecule has 1 N–H and O–H groups in total. The highest BCUT2D eigenvalue weighted by Gasteiger charge is 2.34. The molecular formula is C20H25ClN2O2. The molecule has 0 saturated heterocycles. The number of hydrogen-bond donors (Lipinski definition) is 1. The van der Waals surface area contributed by atoms with Gasteiger partial charge in [0.2, 0.25) is 0 Å². The van der Waals surface area contributed by atoms with Gasteiger partial charge < -0.3 is 15.0 Å². The lowest BCUT2D eigenvalue weighted by molar-refractivity contribution is 0.0840. The highest BCUT2D eigenvalue weighted by Crippen LogP contribution is 2.31. The van der Waals surface area contributed by atoms with Gasteiger partial charge in [-0.1, -0.05) is 41.9 Å². The van der Waals surface area contributed by atoms with Crippen molar-refractivity contribution in [3.05, 3.63) is 64.7 Å². The fraction of sp³-hybridized carbons (Fsp3) is 0.350. The van der Waals surface area contributed by atoms with Crippen molar-refractivity contribution in [2.24, 2.45) is 0 Å². The van der Waals surface area contributed by atoms with Crippen molar-refractivity contribution in [3.63, 3.8) is 0 Å². The van der Waals surface area contributed by atoms with Crippen molar-refractivity contribution in [1.29, 1.82) is 0 Å². The molecule has 0 fully saturated rings. The number of likely N-dealkylation sites (N-methyl/N-ethyl adjacent to an activating group) is 1. The van der Waals surface area contributed by atoms with E-state index >= 15 is 0 Å². The number of halogens is 1. The molecule has 1 amide bonds. The fourth-order valence-electron chi connectivity index (χ4n) is 2.59. The Bertz CT molecular complexity index is 730. The second-order valence-corrected chi connectivity index (χ2v) is 7.12. The van der Waals surface area contributed by atoms with E-state index in [2.05, 4.69) is 24.1 Å². The molecule has 0 heterocycles. The molecule has 0 aliphatic rings. The first-order chi connectivity index (χ1) is 11.8. The van der Waals surface area contributed by atoms with E-state index < -0.39 is 0 Å². The van der Waals surface area contributed by atoms with Crippen molar-refractivity contribution in [2.45, 2.75) is 25.4 Å². The summed E-state index contributed by atoms with van der Waals surface area (Å²) in [6, 6.07) is 14.8. The number of methoxy groups -OCH3 is 1. The molecule has 0 aliphatic heterocycles. The molecule has 25 heavy (non-hydrogen) atoms. The number of rotatable bonds is 6. The van der Waals surface area contributed by atoms with Crippen molar-refractivity contribution >= 4 is 17.5 Å². The fourth-order valence-corrected chi connectivity index (χ4v) is 2.79. The van der Waals surface area contributed by atoms with Gasteiger partial charge in [-0.2, -0.15) is 0 Å². The monoisotopic (exact) mass is 360 g/mol. The van der Waals surface area contributed by atoms with E-state index in [1.54, 1.807) is 25.3 Å². The molecule has 2 aromatic carbocycles. The Morgan fingerprint density at radius 2 is 1.80 bits per heavy atom. The lowest BCUT2D eigenvalue weighted by atomic mass is 9.87. The molecule has 2 aromatic rings. The lowest BCUT2D eigenvalue weighted by Gasteiger charge is -2.40. The van der Waals surface area contributed by atoms with Crippen LogP contribution in [0.3, 0.4) is 0 Å². The van der Waals surface area contributed by atoms with Gasteiger partial charge in [0, 0.05) is 5.54 Å². The highest BCUT2D eigenvalue weighted by molar-refractivity contribution is 6.33. The summed E-state index contributed by atoms with van der Waals surface area (Å²) in [5, 5.41) is 3.54. The second-order valence-electron chi connectivity index (χ2n) is 6.71. The molecule has 0 aliphatic carbocycles. The molecular weight excluding hydrogens is 336 g/mol. The number of nitrogens with one attached hydrogen (secondary N) is 1. The maximum atomic E-state index is 12.9. The highest BCUT2D eigenvalue weighted by atomic mass is 35.5. The van der Waals surface area contributed by atoms with E-state index in [0.29, 0.717) is 16.3 Å². The maximum Gasteiger partial charge on any atom is 0.253 e. The summed E-state index contributed by atoms with van der Waals surface area (Å²) in [5.41, 5.74) is 1.13. The molecule has 0 saturated carbocycles. The van der Waals surface area contributed by atoms with Crippen LogP contribution in [0, 0.1) is 0 Å². The predicted octanol–water partition coefficient (Wildman–Crippen LogP) is 4.16. The summed E-state index contributed by atoms with van der Waals surface area (Å²) in [6.45, 7) is 4.19. The normalized spacial score (nSPS) is 12.8. The van der Waals surface area contributed by atoms with Gasteiger partial charge in [-0.15, -0.1) is 0 Å². The average molecular weight is 361 g/mol. The van der Waals surface area contributed by atoms with Gasteiger partial charge in [0.25, 0.3) is 5.91 Å². The van der Waals surface area contributed by atoms with Crippen molar-refractivity contribution < 1.29 is 9.53 Å². The summed E-state index contributed by atoms with van der Waals surface area (Å²) < 4.78 is 5.21. The SMILES string of the molecule is COc1ccc(Cl)c(C(=O)NC(c2ccccc2)C(C)(C)N(C)C)c1. The largest absolute Gasteiger partial charge is 0.497 e. The first-order valence-electron chi connectivity index (χ1n) is 8.14. The number of carbonyl (C=O) groups is 1. The molecule has 0 aromatic heterocycles. The van der Waals surface area contributed by atoms with Gasteiger partial charge in [-0.3, -0.25) is 4.79 Å². The number of benzene rings is 2. The van der Waals surface area contributed by atoms with Crippen molar-refractivity contribution in [3.8, 4) is 5.75 Å². The van der Waals surface area contributed by atoms with Gasteiger partial charge in [-0.05, 0) is 51.7 Å². The third kappa shape index (κ3) is 4.33. The molecule has 0 radical (unpaired) electrons. The van der Waals surface area contributed by atoms with Crippen LogP contribution in [0.1, 0.15) is 35.8 Å². The summed E-state index contributed by atoms with van der Waals surface area (Å²) in [4.78, 5) is 15.0. The van der Waals surface area contributed by atoms with Gasteiger partial charge in [0.15, 0.2) is 0 Å². The van der Waals surface area contributed by atoms with E-state index in [4.69, 9.17) is 16.3 Å². The molecule has 0 bridgehead atoms. The van der Waals surface area contributed by atoms with E-state index in [1.165, 1.54) is 0 Å². The predicted molar refractivity (Wildman–Crippen MR) is 102 cm³/mol. The van der Waals surface area contributed by atoms with Gasteiger partial charge in [0.1, 0.15) is 5.75 Å². The molecule has 2 rings (SSSR count). The van der Waals surface area contributed by atoms with Crippen LogP contribution in [0.25, 0.3) is 0 Å². The van der Waals surface area contributed by atoms with E-state index in [0.717, 1.165) is 5.56 Å². The molecule has 4 nitrogen and oxygen atoms in total. The van der Waals surface area contributed by atoms with Gasteiger partial charge in [-0.25, -0.2) is 0 Å². The second kappa shape index (κ2) is 7.89. The Morgan fingerprint density at radius 1 is 1.16 bits per heavy atom. The van der Waals surface area contributed by atoms with Crippen LogP contribution in [0.4, 0.5) is 0 Å². The van der Waals surface area contributed by atoms with Crippen LogP contribution in [0.2, 0.25) is 5.02 Å². The van der Waals surface area contributed by atoms with Crippen LogP contribution in [-0.2, 0) is 0 Å². The molecule has 134 valence electrons. The number of amides is 1. The molecule has 1 unspecified atom stereocenters. The number of carbonyl (C=O) groups excluding carboxylic acids is 1. The minimum absolute atomic E-state index is 0.210. The zero-order chi connectivity index (χ0) is 18.6. The first-order valence-corrected chi connectivity index (χ1v) is 8.52. The van der Waals surface area contributed by atoms with Gasteiger partial charge >= 0.3 is 0 Å². The van der Waals surface area contributed by atoms with E-state index in [-0.39, 0.29) is 17.5 Å². The van der Waals surface area contributed by atoms with Gasteiger partial charge in [0.05, 0.1) is 23.7 Å². The van der Waals surface area contributed by atoms with Crippen LogP contribution in [0.5, 0.6) is 5.75 Å². The zero-order valence-electron chi connectivity index (χ0n) is 15.3. The Morgan fingerprint density at radius 3 is 2.36 bits per heavy atom. The lowest BCUT2D eigenvalue weighted by Crippen LogP contribution is -2.50. The third-order valence-corrected chi connectivity index (χ3v) is 5.02.